The maximum absolute atomic E-state index is 9.87. The van der Waals surface area contributed by atoms with Gasteiger partial charge in [0, 0.05) is 7.05 Å². The van der Waals surface area contributed by atoms with E-state index in [1.807, 2.05) is 6.26 Å². The summed E-state index contributed by atoms with van der Waals surface area (Å²) in [4.78, 5) is 0. The molecule has 1 heterocycles. The first kappa shape index (κ1) is 11.0. The molecule has 1 aromatic heterocycles. The number of rotatable bonds is 3. The first-order valence-electron chi connectivity index (χ1n) is 3.92. The lowest BCUT2D eigenvalue weighted by molar-refractivity contribution is 0.116. The lowest BCUT2D eigenvalue weighted by Crippen LogP contribution is -2.39. The highest BCUT2D eigenvalue weighted by Crippen LogP contribution is 2.21. The molecule has 0 radical (unpaired) electrons. The van der Waals surface area contributed by atoms with Gasteiger partial charge in [-0.05, 0) is 13.2 Å². The first-order valence-corrected chi connectivity index (χ1v) is 5.14. The third kappa shape index (κ3) is 1.60. The van der Waals surface area contributed by atoms with E-state index in [4.69, 9.17) is 11.1 Å². The van der Waals surface area contributed by atoms with E-state index in [1.165, 1.54) is 18.7 Å². The molecule has 7 heteroatoms. The second-order valence-corrected chi connectivity index (χ2v) is 3.83. The fourth-order valence-corrected chi connectivity index (χ4v) is 1.52. The third-order valence-electron chi connectivity index (χ3n) is 1.98. The lowest BCUT2D eigenvalue weighted by atomic mass is 10.1. The van der Waals surface area contributed by atoms with Crippen molar-refractivity contribution in [2.45, 2.75) is 17.7 Å². The first-order chi connectivity index (χ1) is 6.41. The van der Waals surface area contributed by atoms with Crippen molar-refractivity contribution in [3.05, 3.63) is 5.82 Å². The van der Waals surface area contributed by atoms with Gasteiger partial charge in [0.15, 0.2) is 16.6 Å². The van der Waals surface area contributed by atoms with Crippen molar-refractivity contribution in [3.8, 4) is 0 Å². The zero-order valence-corrected chi connectivity index (χ0v) is 9.09. The van der Waals surface area contributed by atoms with Crippen LogP contribution in [-0.2, 0) is 12.6 Å². The van der Waals surface area contributed by atoms with E-state index in [-0.39, 0.29) is 11.7 Å². The Balaban J connectivity index is 3.20. The predicted octanol–water partition coefficient (Wildman–Crippen LogP) is -0.320. The van der Waals surface area contributed by atoms with Gasteiger partial charge in [-0.15, -0.1) is 10.2 Å². The molecule has 1 atom stereocenters. The van der Waals surface area contributed by atoms with Crippen LogP contribution in [0.2, 0.25) is 0 Å². The number of thioether (sulfide) groups is 1. The van der Waals surface area contributed by atoms with Gasteiger partial charge < -0.3 is 15.4 Å². The van der Waals surface area contributed by atoms with E-state index in [9.17, 15) is 5.11 Å². The number of hydrogen-bond acceptors (Lipinski definition) is 5. The van der Waals surface area contributed by atoms with Crippen LogP contribution in [0.1, 0.15) is 12.7 Å². The van der Waals surface area contributed by atoms with E-state index in [2.05, 4.69) is 10.2 Å². The van der Waals surface area contributed by atoms with E-state index in [0.29, 0.717) is 5.16 Å². The van der Waals surface area contributed by atoms with Crippen LogP contribution in [0.3, 0.4) is 0 Å². The monoisotopic (exact) mass is 215 g/mol. The van der Waals surface area contributed by atoms with Gasteiger partial charge in [-0.25, -0.2) is 0 Å². The minimum Gasteiger partial charge on any atom is -0.385 e. The van der Waals surface area contributed by atoms with Crippen LogP contribution in [0.4, 0.5) is 0 Å². The molecule has 0 aliphatic rings. The summed E-state index contributed by atoms with van der Waals surface area (Å²) in [5, 5.41) is 25.4. The molecular formula is C7H13N5OS. The molecule has 4 N–H and O–H groups in total. The normalized spacial score (nSPS) is 15.1. The van der Waals surface area contributed by atoms with E-state index >= 15 is 0 Å². The molecule has 14 heavy (non-hydrogen) atoms. The molecule has 0 fully saturated rings. The molecule has 0 saturated carbocycles. The lowest BCUT2D eigenvalue weighted by Gasteiger charge is -2.20. The smallest absolute Gasteiger partial charge is 0.190 e. The molecule has 6 nitrogen and oxygen atoms in total. The van der Waals surface area contributed by atoms with Gasteiger partial charge >= 0.3 is 0 Å². The highest BCUT2D eigenvalue weighted by Gasteiger charge is 2.33. The van der Waals surface area contributed by atoms with Crippen LogP contribution < -0.4 is 5.73 Å². The van der Waals surface area contributed by atoms with E-state index < -0.39 is 5.60 Å². The van der Waals surface area contributed by atoms with Gasteiger partial charge in [0.1, 0.15) is 5.84 Å². The second kappa shape index (κ2) is 3.58. The molecule has 0 aromatic carbocycles. The Morgan fingerprint density at radius 2 is 2.21 bits per heavy atom. The average Bonchev–Trinajstić information content (AvgIpc) is 2.46. The Labute approximate surface area is 86.0 Å². The molecule has 1 rings (SSSR count). The quantitative estimate of drug-likeness (QED) is 0.364. The molecule has 0 bridgehead atoms. The van der Waals surface area contributed by atoms with Crippen LogP contribution in [-0.4, -0.2) is 32.0 Å². The van der Waals surface area contributed by atoms with Crippen LogP contribution in [0.5, 0.6) is 0 Å². The molecular weight excluding hydrogens is 202 g/mol. The van der Waals surface area contributed by atoms with Crippen molar-refractivity contribution in [1.29, 1.82) is 5.41 Å². The molecule has 0 aliphatic carbocycles. The summed E-state index contributed by atoms with van der Waals surface area (Å²) < 4.78 is 1.62. The standard InChI is InChI=1S/C7H13N5OS/c1-7(13,4(8)9)5-10-11-6(14-3)12(5)2/h13H,1-3H3,(H3,8,9). The zero-order chi connectivity index (χ0) is 10.9. The van der Waals surface area contributed by atoms with Gasteiger partial charge in [-0.1, -0.05) is 11.8 Å². The summed E-state index contributed by atoms with van der Waals surface area (Å²) >= 11 is 1.41. The van der Waals surface area contributed by atoms with Gasteiger partial charge in [-0.2, -0.15) is 0 Å². The molecule has 0 spiro atoms. The van der Waals surface area contributed by atoms with Crippen molar-refractivity contribution >= 4 is 17.6 Å². The molecule has 1 unspecified atom stereocenters. The fourth-order valence-electron chi connectivity index (χ4n) is 1.04. The van der Waals surface area contributed by atoms with E-state index in [1.54, 1.807) is 11.6 Å². The molecule has 0 saturated heterocycles. The van der Waals surface area contributed by atoms with Crippen molar-refractivity contribution in [2.24, 2.45) is 12.8 Å². The minimum absolute atomic E-state index is 0.273. The number of aromatic nitrogens is 3. The zero-order valence-electron chi connectivity index (χ0n) is 8.27. The average molecular weight is 215 g/mol. The summed E-state index contributed by atoms with van der Waals surface area (Å²) in [6.45, 7) is 1.42. The number of amidine groups is 1. The maximum atomic E-state index is 9.87. The number of nitrogens with two attached hydrogens (primary N) is 1. The summed E-state index contributed by atoms with van der Waals surface area (Å²) in [5.41, 5.74) is 3.71. The molecule has 78 valence electrons. The van der Waals surface area contributed by atoms with Gasteiger partial charge in [0.25, 0.3) is 0 Å². The van der Waals surface area contributed by atoms with Crippen LogP contribution in [0.25, 0.3) is 0 Å². The predicted molar refractivity (Wildman–Crippen MR) is 54.3 cm³/mol. The second-order valence-electron chi connectivity index (χ2n) is 3.06. The Kier molecular flexibility index (Phi) is 2.81. The highest BCUT2D eigenvalue weighted by molar-refractivity contribution is 7.98. The van der Waals surface area contributed by atoms with Gasteiger partial charge in [-0.3, -0.25) is 5.41 Å². The Morgan fingerprint density at radius 3 is 2.57 bits per heavy atom. The van der Waals surface area contributed by atoms with Crippen molar-refractivity contribution in [2.75, 3.05) is 6.26 Å². The highest BCUT2D eigenvalue weighted by atomic mass is 32.2. The molecule has 0 amide bonds. The third-order valence-corrected chi connectivity index (χ3v) is 2.70. The van der Waals surface area contributed by atoms with Crippen molar-refractivity contribution < 1.29 is 5.11 Å². The van der Waals surface area contributed by atoms with Crippen molar-refractivity contribution in [1.82, 2.24) is 14.8 Å². The largest absolute Gasteiger partial charge is 0.385 e. The number of hydrogen-bond donors (Lipinski definition) is 3. The SMILES string of the molecule is CSc1nnc(C(C)(O)C(=N)N)n1C. The van der Waals surface area contributed by atoms with Crippen LogP contribution >= 0.6 is 11.8 Å². The van der Waals surface area contributed by atoms with Crippen LogP contribution in [0, 0.1) is 5.41 Å². The van der Waals surface area contributed by atoms with Gasteiger partial charge in [0.05, 0.1) is 0 Å². The summed E-state index contributed by atoms with van der Waals surface area (Å²) in [6.07, 6.45) is 1.86. The maximum Gasteiger partial charge on any atom is 0.190 e. The number of nitrogens with one attached hydrogen (secondary N) is 1. The Hall–Kier alpha value is -1.08. The molecule has 0 aliphatic heterocycles. The fraction of sp³-hybridized carbons (Fsp3) is 0.571. The van der Waals surface area contributed by atoms with Gasteiger partial charge in [0.2, 0.25) is 0 Å². The van der Waals surface area contributed by atoms with Crippen LogP contribution in [0.15, 0.2) is 5.16 Å². The topological polar surface area (TPSA) is 101 Å². The Bertz CT molecular complexity index is 359. The number of nitrogens with zero attached hydrogens (tertiary/aromatic N) is 3. The minimum atomic E-state index is -1.56. The summed E-state index contributed by atoms with van der Waals surface area (Å²) in [5.74, 6) is -0.0741. The summed E-state index contributed by atoms with van der Waals surface area (Å²) in [6, 6.07) is 0. The van der Waals surface area contributed by atoms with E-state index in [0.717, 1.165) is 0 Å². The van der Waals surface area contributed by atoms with Crippen molar-refractivity contribution in [3.63, 3.8) is 0 Å². The molecule has 1 aromatic rings. The number of aliphatic hydroxyl groups is 1. The summed E-state index contributed by atoms with van der Waals surface area (Å²) in [7, 11) is 1.72. The Morgan fingerprint density at radius 1 is 1.64 bits per heavy atom.